The molecule has 1 amide bonds. The van der Waals surface area contributed by atoms with Crippen LogP contribution >= 0.6 is 11.3 Å². The first kappa shape index (κ1) is 17.7. The van der Waals surface area contributed by atoms with Gasteiger partial charge in [-0.25, -0.2) is 4.98 Å². The molecule has 8 heteroatoms. The van der Waals surface area contributed by atoms with Crippen molar-refractivity contribution in [3.63, 3.8) is 0 Å². The number of carbonyl (C=O) groups is 2. The predicted molar refractivity (Wildman–Crippen MR) is 102 cm³/mol. The summed E-state index contributed by atoms with van der Waals surface area (Å²) in [7, 11) is 0. The zero-order valence-corrected chi connectivity index (χ0v) is 15.8. The summed E-state index contributed by atoms with van der Waals surface area (Å²) in [6.07, 6.45) is 8.81. The Morgan fingerprint density at radius 3 is 3.00 bits per heavy atom. The third-order valence-electron chi connectivity index (χ3n) is 4.65. The molecule has 4 heterocycles. The Bertz CT molecular complexity index is 934. The van der Waals surface area contributed by atoms with Crippen molar-refractivity contribution in [2.45, 2.75) is 19.8 Å². The summed E-state index contributed by atoms with van der Waals surface area (Å²) in [6, 6.07) is 3.89. The van der Waals surface area contributed by atoms with Crippen LogP contribution in [0.3, 0.4) is 0 Å². The minimum atomic E-state index is -0.247. The third-order valence-corrected chi connectivity index (χ3v) is 5.70. The lowest BCUT2D eigenvalue weighted by atomic mass is 9.98. The minimum Gasteiger partial charge on any atom is -0.466 e. The number of pyridine rings is 1. The predicted octanol–water partition coefficient (Wildman–Crippen LogP) is 2.87. The third kappa shape index (κ3) is 3.57. The van der Waals surface area contributed by atoms with Gasteiger partial charge >= 0.3 is 5.97 Å². The molecule has 0 aromatic carbocycles. The number of carbonyl (C=O) groups excluding carboxylic acids is 2. The van der Waals surface area contributed by atoms with E-state index in [2.05, 4.69) is 9.97 Å². The van der Waals surface area contributed by atoms with E-state index in [9.17, 15) is 9.59 Å². The summed E-state index contributed by atoms with van der Waals surface area (Å²) in [5.41, 5.74) is 1.43. The van der Waals surface area contributed by atoms with Crippen molar-refractivity contribution < 1.29 is 14.3 Å². The number of ether oxygens (including phenoxy) is 1. The highest BCUT2D eigenvalue weighted by molar-refractivity contribution is 7.20. The minimum absolute atomic E-state index is 0.136. The van der Waals surface area contributed by atoms with Crippen LogP contribution in [0.25, 0.3) is 15.4 Å². The monoisotopic (exact) mass is 384 g/mol. The van der Waals surface area contributed by atoms with Gasteiger partial charge in [0.1, 0.15) is 5.69 Å². The van der Waals surface area contributed by atoms with Gasteiger partial charge in [0.25, 0.3) is 5.91 Å². The quantitative estimate of drug-likeness (QED) is 0.647. The number of esters is 1. The maximum atomic E-state index is 12.8. The van der Waals surface area contributed by atoms with E-state index >= 15 is 0 Å². The van der Waals surface area contributed by atoms with Crippen LogP contribution in [0.4, 0.5) is 0 Å². The van der Waals surface area contributed by atoms with Crippen LogP contribution in [0, 0.1) is 5.92 Å². The molecular weight excluding hydrogens is 364 g/mol. The van der Waals surface area contributed by atoms with E-state index in [1.807, 2.05) is 22.7 Å². The number of amides is 1. The summed E-state index contributed by atoms with van der Waals surface area (Å²) in [6.45, 7) is 3.19. The molecule has 0 radical (unpaired) electrons. The molecule has 0 bridgehead atoms. The molecule has 1 aliphatic rings. The molecule has 0 N–H and O–H groups in total. The second kappa shape index (κ2) is 7.48. The smallest absolute Gasteiger partial charge is 0.310 e. The summed E-state index contributed by atoms with van der Waals surface area (Å²) >= 11 is 1.51. The van der Waals surface area contributed by atoms with Crippen molar-refractivity contribution in [2.24, 2.45) is 5.92 Å². The molecule has 0 spiro atoms. The summed E-state index contributed by atoms with van der Waals surface area (Å²) in [5.74, 6) is -0.603. The number of hydrogen-bond acceptors (Lipinski definition) is 6. The molecular formula is C19H20N4O3S. The highest BCUT2D eigenvalue weighted by atomic mass is 32.1. The number of piperidine rings is 1. The van der Waals surface area contributed by atoms with E-state index in [0.29, 0.717) is 25.4 Å². The van der Waals surface area contributed by atoms with Crippen LogP contribution in [-0.2, 0) is 9.53 Å². The van der Waals surface area contributed by atoms with E-state index in [1.54, 1.807) is 30.4 Å². The normalized spacial score (nSPS) is 17.2. The van der Waals surface area contributed by atoms with Gasteiger partial charge in [-0.3, -0.25) is 19.0 Å². The van der Waals surface area contributed by atoms with Crippen LogP contribution in [-0.4, -0.2) is 50.8 Å². The van der Waals surface area contributed by atoms with E-state index in [0.717, 1.165) is 28.2 Å². The molecule has 1 saturated heterocycles. The number of rotatable bonds is 4. The number of fused-ring (bicyclic) bond motifs is 1. The zero-order valence-electron chi connectivity index (χ0n) is 15.0. The summed E-state index contributed by atoms with van der Waals surface area (Å²) in [4.78, 5) is 37.0. The van der Waals surface area contributed by atoms with Crippen molar-refractivity contribution in [3.8, 4) is 10.4 Å². The first-order chi connectivity index (χ1) is 13.2. The highest BCUT2D eigenvalue weighted by Gasteiger charge is 2.30. The second-order valence-electron chi connectivity index (χ2n) is 6.50. The van der Waals surface area contributed by atoms with Gasteiger partial charge in [-0.05, 0) is 25.8 Å². The van der Waals surface area contributed by atoms with Crippen molar-refractivity contribution in [1.82, 2.24) is 19.3 Å². The first-order valence-electron chi connectivity index (χ1n) is 9.00. The van der Waals surface area contributed by atoms with E-state index in [-0.39, 0.29) is 17.8 Å². The number of imidazole rings is 1. The van der Waals surface area contributed by atoms with E-state index in [1.165, 1.54) is 11.3 Å². The Morgan fingerprint density at radius 2 is 2.26 bits per heavy atom. The maximum absolute atomic E-state index is 12.8. The molecule has 0 aliphatic carbocycles. The van der Waals surface area contributed by atoms with Gasteiger partial charge < -0.3 is 9.64 Å². The average molecular weight is 384 g/mol. The zero-order chi connectivity index (χ0) is 18.8. The Kier molecular flexibility index (Phi) is 4.89. The molecule has 1 atom stereocenters. The van der Waals surface area contributed by atoms with Crippen molar-refractivity contribution in [1.29, 1.82) is 0 Å². The number of hydrogen-bond donors (Lipinski definition) is 0. The fourth-order valence-corrected chi connectivity index (χ4v) is 4.27. The number of thiazole rings is 1. The topological polar surface area (TPSA) is 76.8 Å². The molecule has 7 nitrogen and oxygen atoms in total. The highest BCUT2D eigenvalue weighted by Crippen LogP contribution is 2.28. The van der Waals surface area contributed by atoms with Gasteiger partial charge in [-0.15, -0.1) is 0 Å². The van der Waals surface area contributed by atoms with Crippen LogP contribution in [0.15, 0.2) is 36.9 Å². The van der Waals surface area contributed by atoms with Crippen molar-refractivity contribution >= 4 is 28.2 Å². The van der Waals surface area contributed by atoms with Crippen molar-refractivity contribution in [2.75, 3.05) is 19.7 Å². The van der Waals surface area contributed by atoms with Crippen LogP contribution in [0.1, 0.15) is 30.3 Å². The molecule has 140 valence electrons. The fourth-order valence-electron chi connectivity index (χ4n) is 3.32. The molecule has 1 unspecified atom stereocenters. The Labute approximate surface area is 160 Å². The van der Waals surface area contributed by atoms with Crippen LogP contribution in [0.5, 0.6) is 0 Å². The molecule has 0 saturated carbocycles. The Balaban J connectivity index is 1.51. The number of likely N-dealkylation sites (tertiary alicyclic amines) is 1. The van der Waals surface area contributed by atoms with Gasteiger partial charge in [0, 0.05) is 43.4 Å². The summed E-state index contributed by atoms with van der Waals surface area (Å²) in [5, 5.41) is 0. The standard InChI is InChI=1S/C19H20N4O3S/c1-2-26-18(25)14-6-4-8-22(10-14)17(24)15-11-23-12-16(27-19(23)21-15)13-5-3-7-20-9-13/h3,5,7,9,11-12,14H,2,4,6,8,10H2,1H3. The van der Waals surface area contributed by atoms with E-state index < -0.39 is 0 Å². The number of aromatic nitrogens is 3. The van der Waals surface area contributed by atoms with E-state index in [4.69, 9.17) is 4.74 Å². The molecule has 1 fully saturated rings. The molecule has 3 aromatic rings. The lowest BCUT2D eigenvalue weighted by Crippen LogP contribution is -2.43. The summed E-state index contributed by atoms with van der Waals surface area (Å²) < 4.78 is 6.97. The Morgan fingerprint density at radius 1 is 1.37 bits per heavy atom. The fraction of sp³-hybridized carbons (Fsp3) is 0.368. The SMILES string of the molecule is CCOC(=O)C1CCCN(C(=O)c2cn3cc(-c4cccnc4)sc3n2)C1. The van der Waals surface area contributed by atoms with Gasteiger partial charge in [0.05, 0.1) is 17.4 Å². The maximum Gasteiger partial charge on any atom is 0.310 e. The second-order valence-corrected chi connectivity index (χ2v) is 7.50. The Hall–Kier alpha value is -2.74. The van der Waals surface area contributed by atoms with Gasteiger partial charge in [0.2, 0.25) is 0 Å². The lowest BCUT2D eigenvalue weighted by molar-refractivity contribution is -0.149. The van der Waals surface area contributed by atoms with Gasteiger partial charge in [-0.2, -0.15) is 0 Å². The average Bonchev–Trinajstić information content (AvgIpc) is 3.28. The molecule has 27 heavy (non-hydrogen) atoms. The van der Waals surface area contributed by atoms with Gasteiger partial charge in [-0.1, -0.05) is 17.4 Å². The van der Waals surface area contributed by atoms with Crippen LogP contribution < -0.4 is 0 Å². The largest absolute Gasteiger partial charge is 0.466 e. The molecule has 1 aliphatic heterocycles. The molecule has 4 rings (SSSR count). The van der Waals surface area contributed by atoms with Crippen LogP contribution in [0.2, 0.25) is 0 Å². The van der Waals surface area contributed by atoms with Gasteiger partial charge in [0.15, 0.2) is 4.96 Å². The van der Waals surface area contributed by atoms with Crippen molar-refractivity contribution in [3.05, 3.63) is 42.6 Å². The first-order valence-corrected chi connectivity index (χ1v) is 9.82. The lowest BCUT2D eigenvalue weighted by Gasteiger charge is -2.31. The molecule has 3 aromatic heterocycles. The number of nitrogens with zero attached hydrogens (tertiary/aromatic N) is 4.